The summed E-state index contributed by atoms with van der Waals surface area (Å²) in [5, 5.41) is 0. The Bertz CT molecular complexity index is 145. The molecule has 15 heavy (non-hydrogen) atoms. The Morgan fingerprint density at radius 1 is 0.600 bits per heavy atom. The molecule has 0 bridgehead atoms. The topological polar surface area (TPSA) is 0 Å². The van der Waals surface area contributed by atoms with Crippen molar-refractivity contribution in [3.05, 3.63) is 0 Å². The van der Waals surface area contributed by atoms with Crippen LogP contribution in [-0.4, -0.2) is 11.3 Å². The van der Waals surface area contributed by atoms with E-state index in [4.69, 9.17) is 0 Å². The summed E-state index contributed by atoms with van der Waals surface area (Å²) in [6.45, 7) is 2.74. The van der Waals surface area contributed by atoms with Gasteiger partial charge in [-0.05, 0) is 0 Å². The van der Waals surface area contributed by atoms with Crippen molar-refractivity contribution in [2.75, 3.05) is 0 Å². The van der Waals surface area contributed by atoms with E-state index in [1.54, 1.807) is 25.7 Å². The maximum atomic E-state index is 1.58. The third-order valence-electron chi connectivity index (χ3n) is 3.56. The predicted octanol–water partition coefficient (Wildman–Crippen LogP) is 4.92. The molecule has 0 aromatic carbocycles. The molecule has 92 valence electrons. The van der Waals surface area contributed by atoms with Gasteiger partial charge in [-0.3, -0.25) is 0 Å². The molecule has 0 spiro atoms. The monoisotopic (exact) mass is 336 g/mol. The molecule has 0 aliphatic heterocycles. The Labute approximate surface area is 106 Å². The van der Waals surface area contributed by atoms with Crippen LogP contribution in [0.5, 0.6) is 0 Å². The molecule has 0 N–H and O–H groups in total. The second-order valence-corrected chi connectivity index (χ2v) is 13.8. The molecule has 2 rings (SSSR count). The third-order valence-corrected chi connectivity index (χ3v) is 13.8. The van der Waals surface area contributed by atoms with Crippen LogP contribution < -0.4 is 0 Å². The Hall–Kier alpha value is 1.52. The summed E-state index contributed by atoms with van der Waals surface area (Å²) in [7, 11) is 0. The van der Waals surface area contributed by atoms with E-state index in [0.29, 0.717) is 0 Å². The van der Waals surface area contributed by atoms with Crippen LogP contribution in [0.2, 0.25) is 0 Å². The Kier molecular flexibility index (Phi) is 6.72. The van der Waals surface area contributed by atoms with E-state index >= 15 is 0 Å². The van der Waals surface area contributed by atoms with Crippen molar-refractivity contribution in [1.29, 1.82) is 0 Å². The second kappa shape index (κ2) is 7.77. The van der Waals surface area contributed by atoms with Crippen LogP contribution in [0.3, 0.4) is 0 Å². The quantitative estimate of drug-likeness (QED) is 0.505. The van der Waals surface area contributed by atoms with Gasteiger partial charge in [0.15, 0.2) is 0 Å². The zero-order valence-electron chi connectivity index (χ0n) is 9.54. The van der Waals surface area contributed by atoms with Crippen molar-refractivity contribution in [2.45, 2.75) is 75.5 Å². The molecule has 0 amide bonds. The molecule has 2 atom stereocenters. The summed E-state index contributed by atoms with van der Waals surface area (Å²) in [5.74, 6) is 0. The van der Waals surface area contributed by atoms with Gasteiger partial charge in [0.1, 0.15) is 0 Å². The van der Waals surface area contributed by atoms with E-state index in [9.17, 15) is 0 Å². The zero-order chi connectivity index (χ0) is 10.3. The average molecular weight is 337 g/mol. The molecule has 0 aromatic heterocycles. The molecule has 0 heterocycles. The molecule has 2 aliphatic carbocycles. The molecule has 0 nitrogen and oxygen atoms in total. The van der Waals surface area contributed by atoms with Crippen molar-refractivity contribution >= 4 is 13.5 Å². The predicted molar refractivity (Wildman–Crippen MR) is 70.4 cm³/mol. The normalized spacial score (nSPS) is 27.5. The third kappa shape index (κ3) is 5.13. The molecular formula is C12H24P2Pd. The first-order valence-electron chi connectivity index (χ1n) is 6.53. The summed E-state index contributed by atoms with van der Waals surface area (Å²) in [5.41, 5.74) is 2.34. The standard InChI is InChI=1S/2C6H12P.Pd/c2*7-6-4-2-1-3-5-6;/h2*6-7H,1-5H2;/q2*-1;+2. The first-order valence-corrected chi connectivity index (χ1v) is 13.0. The first kappa shape index (κ1) is 13.0. The van der Waals surface area contributed by atoms with Gasteiger partial charge in [0.05, 0.1) is 0 Å². The minimum absolute atomic E-state index is 1.16. The van der Waals surface area contributed by atoms with E-state index in [1.165, 1.54) is 63.4 Å². The van der Waals surface area contributed by atoms with Crippen molar-refractivity contribution in [3.8, 4) is 0 Å². The molecule has 0 radical (unpaired) electrons. The fourth-order valence-electron chi connectivity index (χ4n) is 2.54. The second-order valence-electron chi connectivity index (χ2n) is 4.93. The summed E-state index contributed by atoms with van der Waals surface area (Å²) >= 11 is 1.16. The summed E-state index contributed by atoms with van der Waals surface area (Å²) in [4.78, 5) is 0. The van der Waals surface area contributed by atoms with Crippen molar-refractivity contribution in [2.24, 2.45) is 0 Å². The maximum absolute atomic E-state index is 1.58. The SMILES string of the molecule is C1CCC([PH][Pd][PH]C2CCCCC2)CC1. The summed E-state index contributed by atoms with van der Waals surface area (Å²) in [6.07, 6.45) is 15.5. The minimum atomic E-state index is 1.16. The fourth-order valence-corrected chi connectivity index (χ4v) is 14.5. The van der Waals surface area contributed by atoms with Crippen LogP contribution in [0.25, 0.3) is 0 Å². The average Bonchev–Trinajstić information content (AvgIpc) is 2.32. The fraction of sp³-hybridized carbons (Fsp3) is 1.00. The van der Waals surface area contributed by atoms with Gasteiger partial charge >= 0.3 is 106 Å². The molecule has 2 saturated carbocycles. The molecule has 2 unspecified atom stereocenters. The molecule has 0 saturated heterocycles. The molecule has 2 fully saturated rings. The van der Waals surface area contributed by atoms with E-state index in [2.05, 4.69) is 0 Å². The van der Waals surface area contributed by atoms with Crippen LogP contribution in [0, 0.1) is 0 Å². The van der Waals surface area contributed by atoms with E-state index < -0.39 is 0 Å². The van der Waals surface area contributed by atoms with Gasteiger partial charge in [-0.1, -0.05) is 0 Å². The van der Waals surface area contributed by atoms with Gasteiger partial charge in [-0.2, -0.15) is 0 Å². The van der Waals surface area contributed by atoms with Crippen molar-refractivity contribution in [1.82, 2.24) is 0 Å². The van der Waals surface area contributed by atoms with Crippen LogP contribution >= 0.6 is 13.5 Å². The Morgan fingerprint density at radius 3 is 1.40 bits per heavy atom. The van der Waals surface area contributed by atoms with Crippen molar-refractivity contribution < 1.29 is 17.0 Å². The van der Waals surface area contributed by atoms with Gasteiger partial charge in [-0.25, -0.2) is 0 Å². The van der Waals surface area contributed by atoms with E-state index in [0.717, 1.165) is 17.0 Å². The Balaban J connectivity index is 1.53. The van der Waals surface area contributed by atoms with Gasteiger partial charge in [0.2, 0.25) is 0 Å². The number of hydrogen-bond donors (Lipinski definition) is 0. The van der Waals surface area contributed by atoms with Gasteiger partial charge in [-0.15, -0.1) is 0 Å². The molecule has 3 heteroatoms. The summed E-state index contributed by atoms with van der Waals surface area (Å²) < 4.78 is 0. The number of hydrogen-bond acceptors (Lipinski definition) is 0. The first-order chi connectivity index (χ1) is 7.45. The van der Waals surface area contributed by atoms with Crippen LogP contribution in [-0.2, 0) is 17.0 Å². The van der Waals surface area contributed by atoms with Gasteiger partial charge in [0.25, 0.3) is 0 Å². The van der Waals surface area contributed by atoms with Crippen LogP contribution in [0.4, 0.5) is 0 Å². The van der Waals surface area contributed by atoms with Gasteiger partial charge < -0.3 is 0 Å². The van der Waals surface area contributed by atoms with Crippen LogP contribution in [0.1, 0.15) is 64.2 Å². The molecule has 2 aliphatic rings. The zero-order valence-corrected chi connectivity index (χ0v) is 13.1. The van der Waals surface area contributed by atoms with Gasteiger partial charge in [0, 0.05) is 0 Å². The Morgan fingerprint density at radius 2 is 1.00 bits per heavy atom. The van der Waals surface area contributed by atoms with E-state index in [-0.39, 0.29) is 0 Å². The van der Waals surface area contributed by atoms with Crippen LogP contribution in [0.15, 0.2) is 0 Å². The summed E-state index contributed by atoms with van der Waals surface area (Å²) in [6, 6.07) is 0. The number of rotatable bonds is 4. The molecular weight excluding hydrogens is 313 g/mol. The van der Waals surface area contributed by atoms with Crippen molar-refractivity contribution in [3.63, 3.8) is 0 Å². The molecule has 0 aromatic rings. The van der Waals surface area contributed by atoms with E-state index in [1.807, 2.05) is 0 Å².